The summed E-state index contributed by atoms with van der Waals surface area (Å²) < 4.78 is 4.94. The van der Waals surface area contributed by atoms with Crippen molar-refractivity contribution in [1.29, 1.82) is 5.26 Å². The van der Waals surface area contributed by atoms with Crippen LogP contribution in [-0.2, 0) is 9.53 Å². The van der Waals surface area contributed by atoms with Gasteiger partial charge in [-0.15, -0.1) is 0 Å². The molecule has 0 fully saturated rings. The predicted octanol–water partition coefficient (Wildman–Crippen LogP) is 3.08. The third-order valence-electron chi connectivity index (χ3n) is 2.15. The topological polar surface area (TPSA) is 50.1 Å². The number of carbonyl (C=O) groups is 1. The van der Waals surface area contributed by atoms with Crippen molar-refractivity contribution in [3.05, 3.63) is 53.6 Å². The van der Waals surface area contributed by atoms with Crippen LogP contribution < -0.4 is 0 Å². The van der Waals surface area contributed by atoms with E-state index in [1.54, 1.807) is 24.3 Å². The van der Waals surface area contributed by atoms with Gasteiger partial charge in [-0.25, -0.2) is 4.79 Å². The first kappa shape index (κ1) is 13.7. The number of esters is 1. The summed E-state index contributed by atoms with van der Waals surface area (Å²) in [5, 5.41) is 8.73. The van der Waals surface area contributed by atoms with Crippen molar-refractivity contribution in [2.45, 2.75) is 13.3 Å². The molecule has 0 amide bonds. The molecule has 1 aromatic carbocycles. The first-order valence-corrected chi connectivity index (χ1v) is 5.76. The van der Waals surface area contributed by atoms with E-state index in [0.29, 0.717) is 5.56 Å². The summed E-state index contributed by atoms with van der Waals surface area (Å²) in [4.78, 5) is 11.3. The lowest BCUT2D eigenvalue weighted by atomic mass is 10.1. The van der Waals surface area contributed by atoms with Crippen molar-refractivity contribution in [2.24, 2.45) is 0 Å². The van der Waals surface area contributed by atoms with Gasteiger partial charge in [-0.3, -0.25) is 0 Å². The Hall–Kier alpha value is -2.34. The van der Waals surface area contributed by atoms with Gasteiger partial charge < -0.3 is 4.74 Å². The van der Waals surface area contributed by atoms with Crippen molar-refractivity contribution in [3.8, 4) is 6.07 Å². The predicted molar refractivity (Wildman–Crippen MR) is 70.6 cm³/mol. The molecular weight excluding hydrogens is 226 g/mol. The minimum atomic E-state index is -0.391. The summed E-state index contributed by atoms with van der Waals surface area (Å²) in [7, 11) is 0. The summed E-state index contributed by atoms with van der Waals surface area (Å²) in [5.41, 5.74) is 1.37. The van der Waals surface area contributed by atoms with E-state index in [-0.39, 0.29) is 6.61 Å². The zero-order valence-electron chi connectivity index (χ0n) is 10.3. The van der Waals surface area contributed by atoms with E-state index in [2.05, 4.69) is 0 Å². The summed E-state index contributed by atoms with van der Waals surface area (Å²) >= 11 is 0. The summed E-state index contributed by atoms with van der Waals surface area (Å²) in [6, 6.07) is 9.06. The number of ether oxygens (including phenoxy) is 1. The fraction of sp³-hybridized carbons (Fsp3) is 0.200. The summed E-state index contributed by atoms with van der Waals surface area (Å²) in [6.45, 7) is 2.30. The van der Waals surface area contributed by atoms with Crippen LogP contribution in [0.4, 0.5) is 0 Å². The maximum atomic E-state index is 11.3. The molecule has 1 rings (SSSR count). The molecule has 0 aliphatic carbocycles. The molecule has 3 heteroatoms. The minimum absolute atomic E-state index is 0.287. The first-order valence-electron chi connectivity index (χ1n) is 5.76. The SMILES string of the molecule is CCC=CCOC(=O)C=Cc1cccc(C#N)c1. The Bertz CT molecular complexity index is 495. The van der Waals surface area contributed by atoms with Gasteiger partial charge in [0.1, 0.15) is 6.61 Å². The highest BCUT2D eigenvalue weighted by Gasteiger charge is 1.95. The van der Waals surface area contributed by atoms with E-state index in [4.69, 9.17) is 10.00 Å². The molecule has 0 unspecified atom stereocenters. The van der Waals surface area contributed by atoms with E-state index in [0.717, 1.165) is 12.0 Å². The third-order valence-corrected chi connectivity index (χ3v) is 2.15. The number of rotatable bonds is 5. The van der Waals surface area contributed by atoms with Gasteiger partial charge in [0.15, 0.2) is 0 Å². The largest absolute Gasteiger partial charge is 0.458 e. The lowest BCUT2D eigenvalue weighted by Crippen LogP contribution is -1.99. The molecule has 0 spiro atoms. The fourth-order valence-corrected chi connectivity index (χ4v) is 1.29. The number of carbonyl (C=O) groups excluding carboxylic acids is 1. The van der Waals surface area contributed by atoms with Crippen LogP contribution in [-0.4, -0.2) is 12.6 Å². The summed E-state index contributed by atoms with van der Waals surface area (Å²) in [6.07, 6.45) is 7.66. The monoisotopic (exact) mass is 241 g/mol. The molecule has 0 heterocycles. The standard InChI is InChI=1S/C15H15NO2/c1-2-3-4-10-18-15(17)9-8-13-6-5-7-14(11-13)12-16/h3-9,11H,2,10H2,1H3. The zero-order chi connectivity index (χ0) is 13.2. The van der Waals surface area contributed by atoms with Crippen molar-refractivity contribution in [1.82, 2.24) is 0 Å². The van der Waals surface area contributed by atoms with E-state index < -0.39 is 5.97 Å². The van der Waals surface area contributed by atoms with E-state index in [1.807, 2.05) is 31.2 Å². The Labute approximate surface area is 107 Å². The third kappa shape index (κ3) is 5.13. The van der Waals surface area contributed by atoms with Crippen LogP contribution in [0, 0.1) is 11.3 Å². The van der Waals surface area contributed by atoms with Gasteiger partial charge in [-0.1, -0.05) is 31.2 Å². The van der Waals surface area contributed by atoms with Crippen LogP contribution >= 0.6 is 0 Å². The highest BCUT2D eigenvalue weighted by atomic mass is 16.5. The number of allylic oxidation sites excluding steroid dienone is 1. The average Bonchev–Trinajstić information content (AvgIpc) is 2.41. The molecule has 0 saturated heterocycles. The number of benzene rings is 1. The van der Waals surface area contributed by atoms with Crippen LogP contribution in [0.1, 0.15) is 24.5 Å². The van der Waals surface area contributed by atoms with Crippen molar-refractivity contribution in [2.75, 3.05) is 6.61 Å². The number of nitrogens with zero attached hydrogens (tertiary/aromatic N) is 1. The van der Waals surface area contributed by atoms with Crippen LogP contribution in [0.5, 0.6) is 0 Å². The Morgan fingerprint density at radius 1 is 1.44 bits per heavy atom. The average molecular weight is 241 g/mol. The smallest absolute Gasteiger partial charge is 0.331 e. The van der Waals surface area contributed by atoms with Gasteiger partial charge in [0.25, 0.3) is 0 Å². The van der Waals surface area contributed by atoms with Gasteiger partial charge in [0.05, 0.1) is 11.6 Å². The highest BCUT2D eigenvalue weighted by molar-refractivity contribution is 5.87. The maximum Gasteiger partial charge on any atom is 0.331 e. The molecule has 3 nitrogen and oxygen atoms in total. The van der Waals surface area contributed by atoms with E-state index >= 15 is 0 Å². The molecule has 0 aliphatic heterocycles. The maximum absolute atomic E-state index is 11.3. The second kappa shape index (κ2) is 7.86. The molecule has 0 bridgehead atoms. The number of hydrogen-bond donors (Lipinski definition) is 0. The van der Waals surface area contributed by atoms with Gasteiger partial charge >= 0.3 is 5.97 Å². The van der Waals surface area contributed by atoms with Gasteiger partial charge in [-0.05, 0) is 30.2 Å². The second-order valence-corrected chi connectivity index (χ2v) is 3.58. The van der Waals surface area contributed by atoms with Crippen LogP contribution in [0.25, 0.3) is 6.08 Å². The molecular formula is C15H15NO2. The van der Waals surface area contributed by atoms with Gasteiger partial charge in [0.2, 0.25) is 0 Å². The Balaban J connectivity index is 2.50. The molecule has 0 aliphatic rings. The Morgan fingerprint density at radius 2 is 2.28 bits per heavy atom. The molecule has 1 aromatic rings. The zero-order valence-corrected chi connectivity index (χ0v) is 10.3. The second-order valence-electron chi connectivity index (χ2n) is 3.58. The van der Waals surface area contributed by atoms with E-state index in [9.17, 15) is 4.79 Å². The van der Waals surface area contributed by atoms with Crippen molar-refractivity contribution in [3.63, 3.8) is 0 Å². The molecule has 92 valence electrons. The normalized spacial score (nSPS) is 10.7. The highest BCUT2D eigenvalue weighted by Crippen LogP contribution is 2.06. The first-order chi connectivity index (χ1) is 8.76. The molecule has 0 N–H and O–H groups in total. The quantitative estimate of drug-likeness (QED) is 0.452. The van der Waals surface area contributed by atoms with Crippen LogP contribution in [0.3, 0.4) is 0 Å². The number of nitriles is 1. The molecule has 0 radical (unpaired) electrons. The van der Waals surface area contributed by atoms with Gasteiger partial charge in [-0.2, -0.15) is 5.26 Å². The lowest BCUT2D eigenvalue weighted by Gasteiger charge is -1.97. The molecule has 0 aromatic heterocycles. The molecule has 0 saturated carbocycles. The fourth-order valence-electron chi connectivity index (χ4n) is 1.29. The molecule has 18 heavy (non-hydrogen) atoms. The Kier molecular flexibility index (Phi) is 5.99. The Morgan fingerprint density at radius 3 is 3.00 bits per heavy atom. The van der Waals surface area contributed by atoms with E-state index in [1.165, 1.54) is 6.08 Å². The minimum Gasteiger partial charge on any atom is -0.458 e. The van der Waals surface area contributed by atoms with Crippen molar-refractivity contribution >= 4 is 12.0 Å². The summed E-state index contributed by atoms with van der Waals surface area (Å²) in [5.74, 6) is -0.391. The molecule has 0 atom stereocenters. The lowest BCUT2D eigenvalue weighted by molar-refractivity contribution is -0.136. The van der Waals surface area contributed by atoms with Crippen LogP contribution in [0.15, 0.2) is 42.5 Å². The van der Waals surface area contributed by atoms with Gasteiger partial charge in [0, 0.05) is 6.08 Å². The van der Waals surface area contributed by atoms with Crippen LogP contribution in [0.2, 0.25) is 0 Å². The number of hydrogen-bond acceptors (Lipinski definition) is 3. The van der Waals surface area contributed by atoms with Crippen molar-refractivity contribution < 1.29 is 9.53 Å².